The van der Waals surface area contributed by atoms with Gasteiger partial charge in [0.05, 0.1) is 13.4 Å². The van der Waals surface area contributed by atoms with Gasteiger partial charge in [-0.2, -0.15) is 4.98 Å². The number of nitrogens with one attached hydrogen (secondary N) is 1. The maximum absolute atomic E-state index is 13.0. The van der Waals surface area contributed by atoms with E-state index in [2.05, 4.69) is 20.2 Å². The van der Waals surface area contributed by atoms with Gasteiger partial charge in [0, 0.05) is 31.3 Å². The number of nitrogens with zero attached hydrogens (tertiary/aromatic N) is 3. The quantitative estimate of drug-likeness (QED) is 0.694. The molecule has 3 heterocycles. The lowest BCUT2D eigenvalue weighted by Gasteiger charge is -2.32. The minimum absolute atomic E-state index is 0.0430. The topological polar surface area (TPSA) is 80.5 Å². The molecule has 1 N–H and O–H groups in total. The minimum Gasteiger partial charge on any atom is -0.481 e. The second-order valence-corrected chi connectivity index (χ2v) is 7.03. The molecule has 0 bridgehead atoms. The molecule has 1 saturated heterocycles. The van der Waals surface area contributed by atoms with Crippen molar-refractivity contribution in [3.05, 3.63) is 72.3 Å². The maximum atomic E-state index is 13.0. The Morgan fingerprint density at radius 1 is 1.17 bits per heavy atom. The number of ether oxygens (including phenoxy) is 1. The van der Waals surface area contributed by atoms with Crippen LogP contribution < -0.4 is 15.0 Å². The molecule has 2 aromatic heterocycles. The molecule has 1 unspecified atom stereocenters. The summed E-state index contributed by atoms with van der Waals surface area (Å²) < 4.78 is 10.8. The molecule has 7 heteroatoms. The Hall–Kier alpha value is -3.35. The number of aromatic nitrogens is 2. The van der Waals surface area contributed by atoms with Gasteiger partial charge in [-0.25, -0.2) is 4.98 Å². The minimum atomic E-state index is -0.293. The number of hydrogen-bond acceptors (Lipinski definition) is 6. The molecule has 29 heavy (non-hydrogen) atoms. The highest BCUT2D eigenvalue weighted by atomic mass is 16.5. The van der Waals surface area contributed by atoms with E-state index in [0.717, 1.165) is 37.3 Å². The third kappa shape index (κ3) is 4.39. The van der Waals surface area contributed by atoms with Crippen LogP contribution in [0.15, 0.2) is 65.4 Å². The summed E-state index contributed by atoms with van der Waals surface area (Å²) in [5.41, 5.74) is 0.998. The zero-order chi connectivity index (χ0) is 20.1. The number of piperidine rings is 1. The number of anilines is 1. The Morgan fingerprint density at radius 3 is 2.66 bits per heavy atom. The highest BCUT2D eigenvalue weighted by molar-refractivity contribution is 5.79. The smallest absolute Gasteiger partial charge is 0.228 e. The van der Waals surface area contributed by atoms with Gasteiger partial charge in [0.1, 0.15) is 11.8 Å². The number of benzene rings is 1. The molecule has 0 saturated carbocycles. The average Bonchev–Trinajstić information content (AvgIpc) is 3.32. The predicted molar refractivity (Wildman–Crippen MR) is 109 cm³/mol. The molecule has 0 radical (unpaired) electrons. The first-order valence-electron chi connectivity index (χ1n) is 9.75. The van der Waals surface area contributed by atoms with E-state index in [-0.39, 0.29) is 17.9 Å². The number of methoxy groups -OCH3 is 1. The monoisotopic (exact) mass is 392 g/mol. The van der Waals surface area contributed by atoms with Gasteiger partial charge in [-0.05, 0) is 30.5 Å². The summed E-state index contributed by atoms with van der Waals surface area (Å²) in [5.74, 6) is 1.89. The van der Waals surface area contributed by atoms with Crippen molar-refractivity contribution in [3.63, 3.8) is 0 Å². The average molecular weight is 392 g/mol. The molecule has 1 amide bonds. The molecule has 1 aromatic carbocycles. The number of carbonyl (C=O) groups is 1. The number of furan rings is 1. The molecule has 0 aliphatic carbocycles. The Morgan fingerprint density at radius 2 is 1.97 bits per heavy atom. The first-order chi connectivity index (χ1) is 14.2. The summed E-state index contributed by atoms with van der Waals surface area (Å²) >= 11 is 0. The summed E-state index contributed by atoms with van der Waals surface area (Å²) in [6, 6.07) is 15.0. The van der Waals surface area contributed by atoms with Crippen LogP contribution in [0.5, 0.6) is 5.88 Å². The summed E-state index contributed by atoms with van der Waals surface area (Å²) in [6.07, 6.45) is 4.80. The zero-order valence-corrected chi connectivity index (χ0v) is 16.3. The van der Waals surface area contributed by atoms with Gasteiger partial charge < -0.3 is 19.4 Å². The predicted octanol–water partition coefficient (Wildman–Crippen LogP) is 3.20. The third-order valence-electron chi connectivity index (χ3n) is 5.22. The third-order valence-corrected chi connectivity index (χ3v) is 5.22. The Labute approximate surface area is 169 Å². The van der Waals surface area contributed by atoms with Gasteiger partial charge in [-0.15, -0.1) is 0 Å². The Kier molecular flexibility index (Phi) is 5.74. The van der Waals surface area contributed by atoms with E-state index in [0.29, 0.717) is 11.8 Å². The van der Waals surface area contributed by atoms with Crippen LogP contribution >= 0.6 is 0 Å². The van der Waals surface area contributed by atoms with Crippen LogP contribution in [0.1, 0.15) is 30.2 Å². The van der Waals surface area contributed by atoms with Crippen LogP contribution in [-0.2, 0) is 4.79 Å². The van der Waals surface area contributed by atoms with E-state index >= 15 is 0 Å². The lowest BCUT2D eigenvalue weighted by Crippen LogP contribution is -2.42. The van der Waals surface area contributed by atoms with E-state index < -0.39 is 0 Å². The molecule has 4 rings (SSSR count). The van der Waals surface area contributed by atoms with E-state index in [9.17, 15) is 4.79 Å². The molecule has 1 atom stereocenters. The van der Waals surface area contributed by atoms with Crippen molar-refractivity contribution >= 4 is 11.9 Å². The first-order valence-corrected chi connectivity index (χ1v) is 9.75. The molecule has 150 valence electrons. The van der Waals surface area contributed by atoms with E-state index in [4.69, 9.17) is 9.15 Å². The normalized spacial score (nSPS) is 15.7. The number of hydrogen-bond donors (Lipinski definition) is 1. The van der Waals surface area contributed by atoms with Gasteiger partial charge >= 0.3 is 0 Å². The van der Waals surface area contributed by atoms with Gasteiger partial charge in [-0.3, -0.25) is 4.79 Å². The lowest BCUT2D eigenvalue weighted by atomic mass is 9.95. The highest BCUT2D eigenvalue weighted by Gasteiger charge is 2.29. The number of rotatable bonds is 6. The van der Waals surface area contributed by atoms with Crippen molar-refractivity contribution in [3.8, 4) is 5.88 Å². The highest BCUT2D eigenvalue weighted by Crippen LogP contribution is 2.26. The molecular weight excluding hydrogens is 368 g/mol. The van der Waals surface area contributed by atoms with Crippen molar-refractivity contribution in [2.45, 2.75) is 18.9 Å². The van der Waals surface area contributed by atoms with Crippen LogP contribution in [-0.4, -0.2) is 36.1 Å². The van der Waals surface area contributed by atoms with Gasteiger partial charge in [-0.1, -0.05) is 30.3 Å². The van der Waals surface area contributed by atoms with Crippen molar-refractivity contribution in [1.82, 2.24) is 15.3 Å². The van der Waals surface area contributed by atoms with E-state index in [1.165, 1.54) is 0 Å². The van der Waals surface area contributed by atoms with Crippen LogP contribution in [0, 0.1) is 5.92 Å². The summed E-state index contributed by atoms with van der Waals surface area (Å²) in [5, 5.41) is 3.18. The summed E-state index contributed by atoms with van der Waals surface area (Å²) in [4.78, 5) is 23.8. The molecule has 3 aromatic rings. The van der Waals surface area contributed by atoms with E-state index in [1.807, 2.05) is 42.5 Å². The SMILES string of the molecule is COc1ccnc(N2CCC(C(=O)NC(c3ccccc3)c3ccco3)CC2)n1. The fourth-order valence-electron chi connectivity index (χ4n) is 3.62. The fraction of sp³-hybridized carbons (Fsp3) is 0.318. The Bertz CT molecular complexity index is 922. The maximum Gasteiger partial charge on any atom is 0.228 e. The van der Waals surface area contributed by atoms with Gasteiger partial charge in [0.15, 0.2) is 0 Å². The molecule has 7 nitrogen and oxygen atoms in total. The van der Waals surface area contributed by atoms with Gasteiger partial charge in [0.2, 0.25) is 17.7 Å². The van der Waals surface area contributed by atoms with Crippen LogP contribution in [0.2, 0.25) is 0 Å². The first kappa shape index (κ1) is 19.0. The van der Waals surface area contributed by atoms with Crippen molar-refractivity contribution in [1.29, 1.82) is 0 Å². The second kappa shape index (κ2) is 8.77. The van der Waals surface area contributed by atoms with Crippen molar-refractivity contribution in [2.75, 3.05) is 25.1 Å². The van der Waals surface area contributed by atoms with E-state index in [1.54, 1.807) is 25.6 Å². The molecule has 1 fully saturated rings. The number of carbonyl (C=O) groups excluding carboxylic acids is 1. The van der Waals surface area contributed by atoms with Crippen molar-refractivity contribution < 1.29 is 13.9 Å². The standard InChI is InChI=1S/C22H24N4O3/c1-28-19-9-12-23-22(24-19)26-13-10-17(11-14-26)21(27)25-20(18-8-5-15-29-18)16-6-3-2-4-7-16/h2-9,12,15,17,20H,10-11,13-14H2,1H3,(H,25,27). The zero-order valence-electron chi connectivity index (χ0n) is 16.3. The lowest BCUT2D eigenvalue weighted by molar-refractivity contribution is -0.126. The molecule has 1 aliphatic rings. The van der Waals surface area contributed by atoms with Gasteiger partial charge in [0.25, 0.3) is 0 Å². The summed E-state index contributed by atoms with van der Waals surface area (Å²) in [6.45, 7) is 1.45. The van der Waals surface area contributed by atoms with Crippen LogP contribution in [0.3, 0.4) is 0 Å². The fourth-order valence-corrected chi connectivity index (χ4v) is 3.62. The molecular formula is C22H24N4O3. The van der Waals surface area contributed by atoms with Crippen molar-refractivity contribution in [2.24, 2.45) is 5.92 Å². The second-order valence-electron chi connectivity index (χ2n) is 7.03. The van der Waals surface area contributed by atoms with Crippen LogP contribution in [0.25, 0.3) is 0 Å². The summed E-state index contributed by atoms with van der Waals surface area (Å²) in [7, 11) is 1.59. The number of amides is 1. The molecule has 1 aliphatic heterocycles. The van der Waals surface area contributed by atoms with Crippen LogP contribution in [0.4, 0.5) is 5.95 Å². The Balaban J connectivity index is 1.41. The largest absolute Gasteiger partial charge is 0.481 e. The molecule has 0 spiro atoms.